The number of aryl methyl sites for hydroxylation is 1. The van der Waals surface area contributed by atoms with Crippen molar-refractivity contribution in [1.29, 1.82) is 0 Å². The van der Waals surface area contributed by atoms with Gasteiger partial charge in [0, 0.05) is 24.0 Å². The molecule has 2 aromatic rings. The van der Waals surface area contributed by atoms with Crippen molar-refractivity contribution in [1.82, 2.24) is 10.2 Å². The molecule has 6 nitrogen and oxygen atoms in total. The lowest BCUT2D eigenvalue weighted by Gasteiger charge is -2.30. The quantitative estimate of drug-likeness (QED) is 0.409. The van der Waals surface area contributed by atoms with Gasteiger partial charge >= 0.3 is 0 Å². The number of carbonyl (C=O) groups is 2. The second kappa shape index (κ2) is 13.9. The molecule has 0 saturated carbocycles. The number of benzene rings is 2. The minimum atomic E-state index is -0.628. The van der Waals surface area contributed by atoms with Gasteiger partial charge in [-0.25, -0.2) is 0 Å². The molecule has 0 heterocycles. The summed E-state index contributed by atoms with van der Waals surface area (Å²) in [5.41, 5.74) is 1.77. The van der Waals surface area contributed by atoms with Crippen LogP contribution in [0.5, 0.6) is 11.5 Å². The van der Waals surface area contributed by atoms with Crippen LogP contribution in [0.15, 0.2) is 42.5 Å². The first-order valence-electron chi connectivity index (χ1n) is 12.0. The molecule has 1 N–H and O–H groups in total. The molecule has 0 spiro atoms. The maximum Gasteiger partial charge on any atom is 0.242 e. The SMILES string of the molecule is CCOc1ccc(CCC(=O)N(Cc2ccccc2Cl)[C@@H](C)C(=O)N[C@@H](C)CC)cc1OCC. The van der Waals surface area contributed by atoms with E-state index in [1.54, 1.807) is 17.9 Å². The highest BCUT2D eigenvalue weighted by atomic mass is 35.5. The number of ether oxygens (including phenoxy) is 2. The van der Waals surface area contributed by atoms with Crippen LogP contribution in [0.4, 0.5) is 0 Å². The summed E-state index contributed by atoms with van der Waals surface area (Å²) in [6.45, 7) is 10.9. The number of hydrogen-bond donors (Lipinski definition) is 1. The summed E-state index contributed by atoms with van der Waals surface area (Å²) in [5.74, 6) is 1.08. The zero-order chi connectivity index (χ0) is 25.1. The van der Waals surface area contributed by atoms with E-state index in [-0.39, 0.29) is 30.8 Å². The van der Waals surface area contributed by atoms with Gasteiger partial charge in [-0.15, -0.1) is 0 Å². The molecule has 0 bridgehead atoms. The lowest BCUT2D eigenvalue weighted by molar-refractivity contribution is -0.140. The Kier molecular flexibility index (Phi) is 11.2. The Bertz CT molecular complexity index is 950. The zero-order valence-corrected chi connectivity index (χ0v) is 21.7. The fraction of sp³-hybridized carbons (Fsp3) is 0.481. The monoisotopic (exact) mass is 488 g/mol. The highest BCUT2D eigenvalue weighted by Gasteiger charge is 2.27. The molecule has 0 saturated heterocycles. The van der Waals surface area contributed by atoms with Crippen LogP contribution < -0.4 is 14.8 Å². The Morgan fingerprint density at radius 1 is 1.00 bits per heavy atom. The number of hydrogen-bond acceptors (Lipinski definition) is 4. The number of carbonyl (C=O) groups excluding carboxylic acids is 2. The molecule has 0 aliphatic heterocycles. The molecule has 34 heavy (non-hydrogen) atoms. The van der Waals surface area contributed by atoms with Gasteiger partial charge in [0.25, 0.3) is 0 Å². The van der Waals surface area contributed by atoms with E-state index in [1.807, 2.05) is 64.1 Å². The van der Waals surface area contributed by atoms with Crippen molar-refractivity contribution < 1.29 is 19.1 Å². The van der Waals surface area contributed by atoms with Crippen LogP contribution in [0.25, 0.3) is 0 Å². The number of halogens is 1. The van der Waals surface area contributed by atoms with E-state index < -0.39 is 6.04 Å². The van der Waals surface area contributed by atoms with Gasteiger partial charge in [0.15, 0.2) is 11.5 Å². The number of nitrogens with one attached hydrogen (secondary N) is 1. The van der Waals surface area contributed by atoms with Gasteiger partial charge < -0.3 is 19.7 Å². The summed E-state index contributed by atoms with van der Waals surface area (Å²) in [5, 5.41) is 3.55. The lowest BCUT2D eigenvalue weighted by atomic mass is 10.1. The summed E-state index contributed by atoms with van der Waals surface area (Å²) < 4.78 is 11.3. The molecule has 2 amide bonds. The van der Waals surface area contributed by atoms with Crippen LogP contribution in [0.1, 0.15) is 58.6 Å². The first-order valence-corrected chi connectivity index (χ1v) is 12.4. The Morgan fingerprint density at radius 2 is 1.68 bits per heavy atom. The minimum Gasteiger partial charge on any atom is -0.490 e. The first kappa shape index (κ1) is 27.5. The zero-order valence-electron chi connectivity index (χ0n) is 20.9. The average molecular weight is 489 g/mol. The molecule has 0 radical (unpaired) electrons. The van der Waals surface area contributed by atoms with Crippen molar-refractivity contribution in [3.05, 3.63) is 58.6 Å². The number of rotatable bonds is 13. The molecule has 0 fully saturated rings. The Hall–Kier alpha value is -2.73. The first-order chi connectivity index (χ1) is 16.3. The Labute approximate surface area is 208 Å². The van der Waals surface area contributed by atoms with E-state index in [1.165, 1.54) is 0 Å². The van der Waals surface area contributed by atoms with Crippen molar-refractivity contribution in [2.75, 3.05) is 13.2 Å². The molecule has 0 aliphatic carbocycles. The summed E-state index contributed by atoms with van der Waals surface area (Å²) in [6.07, 6.45) is 1.59. The van der Waals surface area contributed by atoms with Crippen molar-refractivity contribution in [2.24, 2.45) is 0 Å². The van der Waals surface area contributed by atoms with Gasteiger partial charge in [0.1, 0.15) is 6.04 Å². The largest absolute Gasteiger partial charge is 0.490 e. The molecule has 0 aromatic heterocycles. The molecular weight excluding hydrogens is 452 g/mol. The third kappa shape index (κ3) is 7.94. The highest BCUT2D eigenvalue weighted by Crippen LogP contribution is 2.29. The molecule has 2 rings (SSSR count). The van der Waals surface area contributed by atoms with Gasteiger partial charge in [-0.05, 0) is 69.9 Å². The standard InChI is InChI=1S/C27H37ClN2O4/c1-6-19(4)29-27(32)20(5)30(18-22-11-9-10-12-23(22)28)26(31)16-14-21-13-15-24(33-7-2)25(17-21)34-8-3/h9-13,15,17,19-20H,6-8,14,16,18H2,1-5H3,(H,29,32)/t19-,20-/m0/s1. The van der Waals surface area contributed by atoms with Crippen LogP contribution in [0.3, 0.4) is 0 Å². The Morgan fingerprint density at radius 3 is 2.32 bits per heavy atom. The van der Waals surface area contributed by atoms with Crippen LogP contribution in [0, 0.1) is 0 Å². The molecule has 2 aromatic carbocycles. The van der Waals surface area contributed by atoms with Gasteiger partial charge in [-0.1, -0.05) is 42.8 Å². The van der Waals surface area contributed by atoms with E-state index in [4.69, 9.17) is 21.1 Å². The van der Waals surface area contributed by atoms with E-state index >= 15 is 0 Å². The summed E-state index contributed by atoms with van der Waals surface area (Å²) in [7, 11) is 0. The summed E-state index contributed by atoms with van der Waals surface area (Å²) in [6, 6.07) is 12.5. The molecule has 0 unspecified atom stereocenters. The maximum atomic E-state index is 13.4. The van der Waals surface area contributed by atoms with E-state index in [9.17, 15) is 9.59 Å². The maximum absolute atomic E-state index is 13.4. The molecular formula is C27H37ClN2O4. The van der Waals surface area contributed by atoms with Gasteiger partial charge in [-0.2, -0.15) is 0 Å². The number of amides is 2. The predicted molar refractivity (Wildman–Crippen MR) is 136 cm³/mol. The second-order valence-corrected chi connectivity index (χ2v) is 8.66. The van der Waals surface area contributed by atoms with Crippen molar-refractivity contribution in [3.63, 3.8) is 0 Å². The van der Waals surface area contributed by atoms with Crippen LogP contribution >= 0.6 is 11.6 Å². The van der Waals surface area contributed by atoms with Crippen LogP contribution in [0.2, 0.25) is 5.02 Å². The third-order valence-electron chi connectivity index (χ3n) is 5.70. The number of nitrogens with zero attached hydrogens (tertiary/aromatic N) is 1. The second-order valence-electron chi connectivity index (χ2n) is 8.25. The van der Waals surface area contributed by atoms with Crippen molar-refractivity contribution in [2.45, 2.75) is 72.5 Å². The smallest absolute Gasteiger partial charge is 0.242 e. The topological polar surface area (TPSA) is 67.9 Å². The van der Waals surface area contributed by atoms with E-state index in [0.29, 0.717) is 36.2 Å². The summed E-state index contributed by atoms with van der Waals surface area (Å²) >= 11 is 6.36. The van der Waals surface area contributed by atoms with Crippen LogP contribution in [-0.2, 0) is 22.6 Å². The lowest BCUT2D eigenvalue weighted by Crippen LogP contribution is -2.49. The highest BCUT2D eigenvalue weighted by molar-refractivity contribution is 6.31. The molecule has 186 valence electrons. The van der Waals surface area contributed by atoms with Gasteiger partial charge in [0.05, 0.1) is 13.2 Å². The molecule has 0 aliphatic rings. The summed E-state index contributed by atoms with van der Waals surface area (Å²) in [4.78, 5) is 27.8. The third-order valence-corrected chi connectivity index (χ3v) is 6.07. The fourth-order valence-corrected chi connectivity index (χ4v) is 3.70. The van der Waals surface area contributed by atoms with E-state index in [0.717, 1.165) is 17.5 Å². The van der Waals surface area contributed by atoms with Crippen LogP contribution in [-0.4, -0.2) is 42.0 Å². The minimum absolute atomic E-state index is 0.0352. The van der Waals surface area contributed by atoms with Gasteiger partial charge in [0.2, 0.25) is 11.8 Å². The van der Waals surface area contributed by atoms with Gasteiger partial charge in [-0.3, -0.25) is 9.59 Å². The fourth-order valence-electron chi connectivity index (χ4n) is 3.50. The predicted octanol–water partition coefficient (Wildman–Crippen LogP) is 5.40. The molecule has 7 heteroatoms. The molecule has 2 atom stereocenters. The Balaban J connectivity index is 2.19. The van der Waals surface area contributed by atoms with Crippen molar-refractivity contribution in [3.8, 4) is 11.5 Å². The average Bonchev–Trinajstić information content (AvgIpc) is 2.83. The van der Waals surface area contributed by atoms with Crippen molar-refractivity contribution >= 4 is 23.4 Å². The van der Waals surface area contributed by atoms with E-state index in [2.05, 4.69) is 5.32 Å². The normalized spacial score (nSPS) is 12.5.